The van der Waals surface area contributed by atoms with Crippen LogP contribution in [0.25, 0.3) is 21.8 Å². The zero-order chi connectivity index (χ0) is 49.3. The monoisotopic (exact) mass is 972 g/mol. The molecule has 0 saturated carbocycles. The van der Waals surface area contributed by atoms with E-state index >= 15 is 8.78 Å². The summed E-state index contributed by atoms with van der Waals surface area (Å²) in [5, 5.41) is 9.56. The standard InChI is InChI=1S/C25H26ClF2NO5.C24H24ClF2NO5/c1-14(2)22(12-34-13-32-3)29-11-18(25(31)33-4)24(30)17-9-16(20(27)10-21(17)29)8-15-6-5-7-19(26)23(15)28;1-13(2)21(11-33-12-32-3)28-10-17(24(30)31)23(29)16-8-15(19(26)9-20(16)28)7-14-5-4-6-18(25)22(14)27/h5-7,9-11,14,22H,8,12-13H2,1-4H3;4-6,8-10,13,21H,7,11-12H2,1-3H3,(H,30,31)/t22-;21-/m11/s1. The molecule has 67 heavy (non-hydrogen) atoms. The van der Waals surface area contributed by atoms with Gasteiger partial charge in [0.25, 0.3) is 0 Å². The van der Waals surface area contributed by atoms with E-state index in [4.69, 9.17) is 46.9 Å². The van der Waals surface area contributed by atoms with Crippen LogP contribution in [0.4, 0.5) is 17.6 Å². The Hall–Kier alpha value is -5.62. The molecule has 6 aromatic rings. The summed E-state index contributed by atoms with van der Waals surface area (Å²) in [5.41, 5.74) is -1.02. The molecule has 18 heteroatoms. The number of carbonyl (C=O) groups is 2. The molecule has 0 saturated heterocycles. The van der Waals surface area contributed by atoms with Gasteiger partial charge >= 0.3 is 11.9 Å². The minimum Gasteiger partial charge on any atom is -0.477 e. The molecule has 12 nitrogen and oxygen atoms in total. The van der Waals surface area contributed by atoms with E-state index in [9.17, 15) is 33.1 Å². The maximum atomic E-state index is 15.2. The Morgan fingerprint density at radius 3 is 1.40 bits per heavy atom. The first-order valence-corrected chi connectivity index (χ1v) is 21.7. The number of aromatic nitrogens is 2. The van der Waals surface area contributed by atoms with E-state index < -0.39 is 57.7 Å². The van der Waals surface area contributed by atoms with Crippen molar-refractivity contribution in [3.05, 3.63) is 160 Å². The summed E-state index contributed by atoms with van der Waals surface area (Å²) >= 11 is 11.7. The third-order valence-electron chi connectivity index (χ3n) is 11.1. The van der Waals surface area contributed by atoms with Gasteiger partial charge in [-0.2, -0.15) is 0 Å². The first-order valence-electron chi connectivity index (χ1n) is 20.9. The van der Waals surface area contributed by atoms with Crippen LogP contribution in [0.5, 0.6) is 0 Å². The Bertz CT molecular complexity index is 2890. The first kappa shape index (κ1) is 52.4. The van der Waals surface area contributed by atoms with Gasteiger partial charge in [0.15, 0.2) is 0 Å². The molecule has 0 spiro atoms. The number of halogens is 6. The van der Waals surface area contributed by atoms with Crippen molar-refractivity contribution in [2.75, 3.05) is 48.1 Å². The van der Waals surface area contributed by atoms with Crippen molar-refractivity contribution in [1.29, 1.82) is 0 Å². The number of aromatic carboxylic acids is 1. The number of ether oxygens (including phenoxy) is 5. The molecular weight excluding hydrogens is 923 g/mol. The highest BCUT2D eigenvalue weighted by molar-refractivity contribution is 6.31. The fourth-order valence-corrected chi connectivity index (χ4v) is 7.92. The van der Waals surface area contributed by atoms with Crippen LogP contribution in [0.2, 0.25) is 10.0 Å². The van der Waals surface area contributed by atoms with E-state index in [0.29, 0.717) is 0 Å². The normalized spacial score (nSPS) is 12.4. The van der Waals surface area contributed by atoms with Crippen LogP contribution in [0.15, 0.2) is 82.6 Å². The molecule has 2 aromatic heterocycles. The van der Waals surface area contributed by atoms with E-state index in [2.05, 4.69) is 0 Å². The van der Waals surface area contributed by atoms with Gasteiger partial charge in [0, 0.05) is 50.2 Å². The summed E-state index contributed by atoms with van der Waals surface area (Å²) in [5.74, 6) is -4.86. The summed E-state index contributed by atoms with van der Waals surface area (Å²) in [7, 11) is 4.14. The number of hydrogen-bond acceptors (Lipinski definition) is 9. The minimum absolute atomic E-state index is 0.00338. The van der Waals surface area contributed by atoms with Crippen molar-refractivity contribution in [3.63, 3.8) is 0 Å². The number of esters is 1. The van der Waals surface area contributed by atoms with Gasteiger partial charge in [-0.3, -0.25) is 9.59 Å². The molecule has 2 heterocycles. The molecule has 0 aliphatic carbocycles. The largest absolute Gasteiger partial charge is 0.477 e. The molecule has 0 unspecified atom stereocenters. The highest BCUT2D eigenvalue weighted by atomic mass is 35.5. The number of carboxylic acid groups (broad SMARTS) is 1. The van der Waals surface area contributed by atoms with Crippen molar-refractivity contribution in [2.24, 2.45) is 11.8 Å². The van der Waals surface area contributed by atoms with Crippen LogP contribution in [0.3, 0.4) is 0 Å². The molecule has 0 amide bonds. The molecule has 358 valence electrons. The number of rotatable bonds is 18. The zero-order valence-corrected chi connectivity index (χ0v) is 39.3. The number of hydrogen-bond donors (Lipinski definition) is 1. The van der Waals surface area contributed by atoms with Gasteiger partial charge in [-0.1, -0.05) is 75.2 Å². The Morgan fingerprint density at radius 1 is 0.627 bits per heavy atom. The predicted octanol–water partition coefficient (Wildman–Crippen LogP) is 10.2. The average Bonchev–Trinajstić information content (AvgIpc) is 3.28. The minimum atomic E-state index is -1.40. The highest BCUT2D eigenvalue weighted by Gasteiger charge is 2.26. The third kappa shape index (κ3) is 12.1. The number of nitrogens with zero attached hydrogens (tertiary/aromatic N) is 2. The summed E-state index contributed by atoms with van der Waals surface area (Å²) < 4.78 is 88.0. The van der Waals surface area contributed by atoms with E-state index in [-0.39, 0.29) is 117 Å². The molecule has 4 aromatic carbocycles. The summed E-state index contributed by atoms with van der Waals surface area (Å²) in [4.78, 5) is 50.3. The number of methoxy groups -OCH3 is 3. The lowest BCUT2D eigenvalue weighted by Gasteiger charge is -2.26. The van der Waals surface area contributed by atoms with Gasteiger partial charge in [-0.25, -0.2) is 27.2 Å². The number of pyridine rings is 2. The number of carbonyl (C=O) groups excluding carboxylic acids is 1. The zero-order valence-electron chi connectivity index (χ0n) is 37.8. The molecule has 2 atom stereocenters. The third-order valence-corrected chi connectivity index (χ3v) is 11.7. The predicted molar refractivity (Wildman–Crippen MR) is 246 cm³/mol. The highest BCUT2D eigenvalue weighted by Crippen LogP contribution is 2.30. The van der Waals surface area contributed by atoms with Gasteiger partial charge < -0.3 is 37.9 Å². The van der Waals surface area contributed by atoms with Crippen LogP contribution >= 0.6 is 23.2 Å². The van der Waals surface area contributed by atoms with Crippen LogP contribution in [-0.2, 0) is 36.5 Å². The van der Waals surface area contributed by atoms with Gasteiger partial charge in [0.1, 0.15) is 48.0 Å². The van der Waals surface area contributed by atoms with Crippen molar-refractivity contribution in [1.82, 2.24) is 9.13 Å². The second-order valence-electron chi connectivity index (χ2n) is 16.2. The summed E-state index contributed by atoms with van der Waals surface area (Å²) in [6, 6.07) is 13.1. The summed E-state index contributed by atoms with van der Waals surface area (Å²) in [6.07, 6.45) is 2.30. The molecule has 0 bridgehead atoms. The maximum Gasteiger partial charge on any atom is 0.343 e. The fourth-order valence-electron chi connectivity index (χ4n) is 7.53. The van der Waals surface area contributed by atoms with E-state index in [0.717, 1.165) is 0 Å². The van der Waals surface area contributed by atoms with Gasteiger partial charge in [0.2, 0.25) is 10.9 Å². The average molecular weight is 974 g/mol. The van der Waals surface area contributed by atoms with E-state index in [1.165, 1.54) is 82.3 Å². The second kappa shape index (κ2) is 23.4. The number of carboxylic acids is 1. The van der Waals surface area contributed by atoms with E-state index in [1.807, 2.05) is 27.7 Å². The smallest absolute Gasteiger partial charge is 0.343 e. The molecule has 6 rings (SSSR count). The Morgan fingerprint density at radius 2 is 1.03 bits per heavy atom. The number of benzene rings is 4. The van der Waals surface area contributed by atoms with Crippen LogP contribution in [0, 0.1) is 35.1 Å². The SMILES string of the molecule is COCOC[C@H](C(C)C)n1cc(C(=O)O)c(=O)c2cc(Cc3cccc(Cl)c3F)c(F)cc21.COCOC[C@H](C(C)C)n1cc(C(=O)OC)c(=O)c2cc(Cc3cccc(Cl)c3F)c(F)cc21. The number of fused-ring (bicyclic) bond motifs is 2. The van der Waals surface area contributed by atoms with Gasteiger partial charge in [0.05, 0.1) is 53.5 Å². The first-order chi connectivity index (χ1) is 31.8. The Balaban J connectivity index is 0.000000251. The molecule has 0 aliphatic rings. The molecule has 0 radical (unpaired) electrons. The lowest BCUT2D eigenvalue weighted by Crippen LogP contribution is -2.27. The summed E-state index contributed by atoms with van der Waals surface area (Å²) in [6.45, 7) is 8.10. The lowest BCUT2D eigenvalue weighted by molar-refractivity contribution is -0.0459. The maximum absolute atomic E-state index is 15.2. The second-order valence-corrected chi connectivity index (χ2v) is 17.0. The van der Waals surface area contributed by atoms with Crippen molar-refractivity contribution in [2.45, 2.75) is 52.6 Å². The van der Waals surface area contributed by atoms with Gasteiger partial charge in [-0.15, -0.1) is 0 Å². The Labute approximate surface area is 393 Å². The topological polar surface area (TPSA) is 145 Å². The van der Waals surface area contributed by atoms with Crippen LogP contribution in [0.1, 0.15) is 82.7 Å². The Kier molecular flexibility index (Phi) is 18.3. The van der Waals surface area contributed by atoms with Gasteiger partial charge in [-0.05, 0) is 70.5 Å². The molecule has 0 fully saturated rings. The van der Waals surface area contributed by atoms with E-state index in [1.54, 1.807) is 21.3 Å². The van der Waals surface area contributed by atoms with Crippen LogP contribution in [-0.4, -0.2) is 74.3 Å². The van der Waals surface area contributed by atoms with Crippen molar-refractivity contribution >= 4 is 56.9 Å². The van der Waals surface area contributed by atoms with Crippen molar-refractivity contribution in [3.8, 4) is 0 Å². The molecule has 1 N–H and O–H groups in total. The molecular formula is C49H50Cl2F4N2O10. The fraction of sp³-hybridized carbons (Fsp3) is 0.347. The lowest BCUT2D eigenvalue weighted by atomic mass is 9.99. The van der Waals surface area contributed by atoms with Crippen molar-refractivity contribution < 1.29 is 55.9 Å². The van der Waals surface area contributed by atoms with Crippen LogP contribution < -0.4 is 10.9 Å². The quantitative estimate of drug-likeness (QED) is 0.0383. The molecule has 0 aliphatic heterocycles.